The van der Waals surface area contributed by atoms with E-state index in [0.29, 0.717) is 23.0 Å². The summed E-state index contributed by atoms with van der Waals surface area (Å²) in [5, 5.41) is 11.9. The molecule has 5 aliphatic rings. The standard InChI is InChI=1S/C21H25Cl2NO2/c22-17-2-1-3-18(23)15(17)7-16-19(25)11-24(20(16)26)21-8-12-4-13(9-21)6-14(5-12)10-21/h1-3,12-14,16,19,25H,4-11H2/t12?,13?,14?,16-,19+,21?/m0/s1. The van der Waals surface area contributed by atoms with Gasteiger partial charge in [-0.25, -0.2) is 0 Å². The number of amides is 1. The Kier molecular flexibility index (Phi) is 4.08. The van der Waals surface area contributed by atoms with Gasteiger partial charge in [0.05, 0.1) is 12.0 Å². The van der Waals surface area contributed by atoms with Gasteiger partial charge in [0, 0.05) is 22.1 Å². The van der Waals surface area contributed by atoms with Gasteiger partial charge in [0.1, 0.15) is 0 Å². The molecular weight excluding hydrogens is 369 g/mol. The number of hydrogen-bond donors (Lipinski definition) is 1. The molecular formula is C21H25Cl2NO2. The Balaban J connectivity index is 1.41. The lowest BCUT2D eigenvalue weighted by molar-refractivity contribution is -0.147. The molecule has 0 spiro atoms. The molecule has 4 bridgehead atoms. The van der Waals surface area contributed by atoms with Gasteiger partial charge in [-0.15, -0.1) is 0 Å². The van der Waals surface area contributed by atoms with Crippen LogP contribution in [-0.4, -0.2) is 34.1 Å². The molecule has 1 aliphatic heterocycles. The molecule has 2 atom stereocenters. The van der Waals surface area contributed by atoms with Crippen molar-refractivity contribution in [2.24, 2.45) is 23.7 Å². The average Bonchev–Trinajstić information content (AvgIpc) is 2.85. The first kappa shape index (κ1) is 17.3. The summed E-state index contributed by atoms with van der Waals surface area (Å²) in [7, 11) is 0. The van der Waals surface area contributed by atoms with Crippen LogP contribution in [0.5, 0.6) is 0 Å². The smallest absolute Gasteiger partial charge is 0.229 e. The molecule has 1 aromatic carbocycles. The summed E-state index contributed by atoms with van der Waals surface area (Å²) in [6.07, 6.45) is 7.24. The van der Waals surface area contributed by atoms with Crippen molar-refractivity contribution >= 4 is 29.1 Å². The number of carbonyl (C=O) groups is 1. The Morgan fingerprint density at radius 2 is 1.58 bits per heavy atom. The predicted molar refractivity (Wildman–Crippen MR) is 102 cm³/mol. The highest BCUT2D eigenvalue weighted by molar-refractivity contribution is 6.36. The Morgan fingerprint density at radius 3 is 2.12 bits per heavy atom. The van der Waals surface area contributed by atoms with E-state index in [0.717, 1.165) is 42.6 Å². The van der Waals surface area contributed by atoms with Crippen molar-refractivity contribution in [2.75, 3.05) is 6.54 Å². The summed E-state index contributed by atoms with van der Waals surface area (Å²) >= 11 is 12.6. The van der Waals surface area contributed by atoms with Crippen molar-refractivity contribution in [1.82, 2.24) is 4.90 Å². The predicted octanol–water partition coefficient (Wildman–Crippen LogP) is 4.32. The zero-order valence-electron chi connectivity index (χ0n) is 14.8. The number of benzene rings is 1. The highest BCUT2D eigenvalue weighted by atomic mass is 35.5. The molecule has 1 N–H and O–H groups in total. The lowest BCUT2D eigenvalue weighted by Gasteiger charge is -2.59. The average molecular weight is 394 g/mol. The first-order valence-corrected chi connectivity index (χ1v) is 10.6. The van der Waals surface area contributed by atoms with Crippen LogP contribution in [0, 0.1) is 23.7 Å². The van der Waals surface area contributed by atoms with Gasteiger partial charge in [-0.05, 0) is 80.4 Å². The van der Waals surface area contributed by atoms with Crippen LogP contribution >= 0.6 is 23.2 Å². The van der Waals surface area contributed by atoms with Gasteiger partial charge in [-0.2, -0.15) is 0 Å². The molecule has 0 radical (unpaired) electrons. The monoisotopic (exact) mass is 393 g/mol. The Morgan fingerprint density at radius 1 is 1.04 bits per heavy atom. The van der Waals surface area contributed by atoms with Crippen LogP contribution in [0.2, 0.25) is 10.0 Å². The molecule has 6 rings (SSSR count). The van der Waals surface area contributed by atoms with Crippen molar-refractivity contribution in [3.8, 4) is 0 Å². The molecule has 140 valence electrons. The van der Waals surface area contributed by atoms with Gasteiger partial charge in [0.2, 0.25) is 5.91 Å². The number of rotatable bonds is 3. The summed E-state index contributed by atoms with van der Waals surface area (Å²) in [4.78, 5) is 15.4. The summed E-state index contributed by atoms with van der Waals surface area (Å²) in [5.41, 5.74) is 0.784. The minimum absolute atomic E-state index is 0.00579. The topological polar surface area (TPSA) is 40.5 Å². The maximum atomic E-state index is 13.3. The van der Waals surface area contributed by atoms with E-state index in [1.807, 2.05) is 6.07 Å². The minimum atomic E-state index is -0.636. The summed E-state index contributed by atoms with van der Waals surface area (Å²) < 4.78 is 0. The number of hydrogen-bond acceptors (Lipinski definition) is 2. The molecule has 1 aromatic rings. The van der Waals surface area contributed by atoms with Gasteiger partial charge in [-0.3, -0.25) is 4.79 Å². The van der Waals surface area contributed by atoms with Gasteiger partial charge < -0.3 is 10.0 Å². The number of halogens is 2. The molecule has 1 heterocycles. The molecule has 4 aliphatic carbocycles. The molecule has 5 heteroatoms. The van der Waals surface area contributed by atoms with Crippen molar-refractivity contribution in [2.45, 2.75) is 56.6 Å². The third kappa shape index (κ3) is 2.62. The van der Waals surface area contributed by atoms with E-state index in [4.69, 9.17) is 23.2 Å². The molecule has 26 heavy (non-hydrogen) atoms. The quantitative estimate of drug-likeness (QED) is 0.830. The summed E-state index contributed by atoms with van der Waals surface area (Å²) in [5.74, 6) is 2.02. The number of aliphatic hydroxyl groups is 1. The number of β-amino-alcohol motifs (C(OH)–C–C–N with tert-alkyl or cyclic N) is 1. The van der Waals surface area contributed by atoms with E-state index in [-0.39, 0.29) is 11.4 Å². The maximum absolute atomic E-state index is 13.3. The fraction of sp³-hybridized carbons (Fsp3) is 0.667. The van der Waals surface area contributed by atoms with Gasteiger partial charge in [0.15, 0.2) is 0 Å². The Labute approximate surface area is 164 Å². The van der Waals surface area contributed by atoms with E-state index < -0.39 is 12.0 Å². The van der Waals surface area contributed by atoms with E-state index in [1.165, 1.54) is 19.3 Å². The molecule has 4 saturated carbocycles. The highest BCUT2D eigenvalue weighted by Crippen LogP contribution is 2.58. The Bertz CT molecular complexity index is 694. The van der Waals surface area contributed by atoms with Crippen LogP contribution in [0.25, 0.3) is 0 Å². The van der Waals surface area contributed by atoms with Gasteiger partial charge >= 0.3 is 0 Å². The molecule has 1 saturated heterocycles. The van der Waals surface area contributed by atoms with Gasteiger partial charge in [-0.1, -0.05) is 29.3 Å². The lowest BCUT2D eigenvalue weighted by Crippen LogP contribution is -2.60. The summed E-state index contributed by atoms with van der Waals surface area (Å²) in [6.45, 7) is 0.470. The van der Waals surface area contributed by atoms with Crippen LogP contribution in [0.15, 0.2) is 18.2 Å². The largest absolute Gasteiger partial charge is 0.390 e. The Hall–Kier alpha value is -0.770. The van der Waals surface area contributed by atoms with E-state index >= 15 is 0 Å². The fourth-order valence-corrected chi connectivity index (χ4v) is 7.31. The zero-order valence-corrected chi connectivity index (χ0v) is 16.3. The molecule has 0 unspecified atom stereocenters. The third-order valence-electron chi connectivity index (χ3n) is 7.48. The van der Waals surface area contributed by atoms with E-state index in [2.05, 4.69) is 4.90 Å². The zero-order chi connectivity index (χ0) is 18.1. The third-order valence-corrected chi connectivity index (χ3v) is 8.19. The van der Waals surface area contributed by atoms with Crippen LogP contribution in [0.3, 0.4) is 0 Å². The van der Waals surface area contributed by atoms with Crippen molar-refractivity contribution < 1.29 is 9.90 Å². The maximum Gasteiger partial charge on any atom is 0.229 e. The first-order valence-electron chi connectivity index (χ1n) is 9.87. The molecule has 5 fully saturated rings. The number of carbonyl (C=O) groups excluding carboxylic acids is 1. The molecule has 1 amide bonds. The second-order valence-electron chi connectivity index (χ2n) is 9.17. The van der Waals surface area contributed by atoms with E-state index in [1.54, 1.807) is 12.1 Å². The lowest BCUT2D eigenvalue weighted by atomic mass is 9.52. The number of likely N-dealkylation sites (tertiary alicyclic amines) is 1. The molecule has 0 aromatic heterocycles. The van der Waals surface area contributed by atoms with Crippen LogP contribution in [-0.2, 0) is 11.2 Å². The summed E-state index contributed by atoms with van der Waals surface area (Å²) in [6, 6.07) is 5.40. The van der Waals surface area contributed by atoms with E-state index in [9.17, 15) is 9.90 Å². The van der Waals surface area contributed by atoms with Crippen LogP contribution in [0.1, 0.15) is 44.1 Å². The number of nitrogens with zero attached hydrogens (tertiary/aromatic N) is 1. The van der Waals surface area contributed by atoms with Crippen LogP contribution < -0.4 is 0 Å². The molecule has 3 nitrogen and oxygen atoms in total. The van der Waals surface area contributed by atoms with Crippen molar-refractivity contribution in [3.63, 3.8) is 0 Å². The SMILES string of the molecule is O=C1[C@@H](Cc2c(Cl)cccc2Cl)[C@H](O)CN1C12CC3CC(CC(C3)C1)C2. The second kappa shape index (κ2) is 6.12. The van der Waals surface area contributed by atoms with Gasteiger partial charge in [0.25, 0.3) is 0 Å². The second-order valence-corrected chi connectivity index (χ2v) is 9.98. The normalized spacial score (nSPS) is 41.3. The fourth-order valence-electron chi connectivity index (χ4n) is 6.76. The first-order chi connectivity index (χ1) is 12.4. The van der Waals surface area contributed by atoms with Crippen molar-refractivity contribution in [1.29, 1.82) is 0 Å². The number of aliphatic hydroxyl groups excluding tert-OH is 1. The highest BCUT2D eigenvalue weighted by Gasteiger charge is 2.57. The van der Waals surface area contributed by atoms with Crippen LogP contribution in [0.4, 0.5) is 0 Å². The van der Waals surface area contributed by atoms with Crippen molar-refractivity contribution in [3.05, 3.63) is 33.8 Å². The minimum Gasteiger partial charge on any atom is -0.390 e.